The third kappa shape index (κ3) is 6.39. The van der Waals surface area contributed by atoms with Crippen molar-refractivity contribution in [3.05, 3.63) is 0 Å². The lowest BCUT2D eigenvalue weighted by molar-refractivity contribution is -0.945. The summed E-state index contributed by atoms with van der Waals surface area (Å²) in [6.45, 7) is 9.72. The van der Waals surface area contributed by atoms with Gasteiger partial charge in [-0.05, 0) is 12.8 Å². The lowest BCUT2D eigenvalue weighted by atomic mass is 10.3. The Kier molecular flexibility index (Phi) is 5.68. The second-order valence-corrected chi connectivity index (χ2v) is 5.77. The molecule has 14 heavy (non-hydrogen) atoms. The van der Waals surface area contributed by atoms with Gasteiger partial charge in [-0.3, -0.25) is 0 Å². The van der Waals surface area contributed by atoms with Gasteiger partial charge in [0.1, 0.15) is 13.1 Å². The number of hydrogen-bond acceptors (Lipinski definition) is 0. The van der Waals surface area contributed by atoms with Gasteiger partial charge in [0.2, 0.25) is 0 Å². The third-order valence-corrected chi connectivity index (χ3v) is 2.97. The number of nitrogens with zero attached hydrogens (tertiary/aromatic N) is 2. The Bertz CT molecular complexity index is 132. The molecule has 0 radical (unpaired) electrons. The van der Waals surface area contributed by atoms with Crippen LogP contribution in [-0.2, 0) is 0 Å². The molecule has 0 amide bonds. The highest BCUT2D eigenvalue weighted by Gasteiger charge is 2.20. The second kappa shape index (κ2) is 5.72. The lowest BCUT2D eigenvalue weighted by Gasteiger charge is -2.35. The standard InChI is InChI=1S/C12H30N2/c1-7-9-13(3,4)11-12-14(5,6)10-8-2/h7-12H2,1-6H3/q+2. The largest absolute Gasteiger partial charge is 0.324 e. The molecule has 2 heteroatoms. The van der Waals surface area contributed by atoms with E-state index in [9.17, 15) is 0 Å². The summed E-state index contributed by atoms with van der Waals surface area (Å²) in [4.78, 5) is 0. The van der Waals surface area contributed by atoms with Crippen molar-refractivity contribution in [1.82, 2.24) is 0 Å². The molecule has 0 aromatic rings. The summed E-state index contributed by atoms with van der Waals surface area (Å²) in [5, 5.41) is 0. The molecular weight excluding hydrogens is 172 g/mol. The summed E-state index contributed by atoms with van der Waals surface area (Å²) < 4.78 is 2.34. The molecule has 0 heterocycles. The van der Waals surface area contributed by atoms with Crippen molar-refractivity contribution < 1.29 is 8.97 Å². The molecule has 0 aliphatic carbocycles. The van der Waals surface area contributed by atoms with Gasteiger partial charge in [-0.2, -0.15) is 0 Å². The van der Waals surface area contributed by atoms with E-state index in [1.165, 1.54) is 48.0 Å². The molecule has 0 saturated carbocycles. The fourth-order valence-electron chi connectivity index (χ4n) is 1.98. The predicted octanol–water partition coefficient (Wildman–Crippen LogP) is 1.96. The van der Waals surface area contributed by atoms with E-state index in [-0.39, 0.29) is 0 Å². The van der Waals surface area contributed by atoms with Crippen LogP contribution in [0.1, 0.15) is 26.7 Å². The summed E-state index contributed by atoms with van der Waals surface area (Å²) in [5.74, 6) is 0. The van der Waals surface area contributed by atoms with E-state index in [2.05, 4.69) is 42.0 Å². The summed E-state index contributed by atoms with van der Waals surface area (Å²) >= 11 is 0. The minimum Gasteiger partial charge on any atom is -0.324 e. The Morgan fingerprint density at radius 2 is 0.857 bits per heavy atom. The number of quaternary nitrogens is 2. The normalized spacial score (nSPS) is 13.3. The van der Waals surface area contributed by atoms with Gasteiger partial charge in [0, 0.05) is 0 Å². The van der Waals surface area contributed by atoms with Crippen LogP contribution >= 0.6 is 0 Å². The van der Waals surface area contributed by atoms with Gasteiger partial charge in [0.05, 0.1) is 41.3 Å². The molecule has 0 atom stereocenters. The van der Waals surface area contributed by atoms with Crippen LogP contribution in [0.15, 0.2) is 0 Å². The van der Waals surface area contributed by atoms with Crippen molar-refractivity contribution >= 4 is 0 Å². The van der Waals surface area contributed by atoms with Crippen molar-refractivity contribution in [1.29, 1.82) is 0 Å². The molecule has 0 aliphatic heterocycles. The van der Waals surface area contributed by atoms with Crippen LogP contribution in [0.4, 0.5) is 0 Å². The molecule has 0 rings (SSSR count). The Morgan fingerprint density at radius 3 is 1.07 bits per heavy atom. The highest BCUT2D eigenvalue weighted by atomic mass is 15.4. The number of rotatable bonds is 7. The summed E-state index contributed by atoms with van der Waals surface area (Å²) in [7, 11) is 9.37. The van der Waals surface area contributed by atoms with Gasteiger partial charge in [0.25, 0.3) is 0 Å². The lowest BCUT2D eigenvalue weighted by Crippen LogP contribution is -2.51. The quantitative estimate of drug-likeness (QED) is 0.554. The Morgan fingerprint density at radius 1 is 0.571 bits per heavy atom. The molecular formula is C12H30N2+2. The molecule has 0 fully saturated rings. The van der Waals surface area contributed by atoms with Crippen LogP contribution < -0.4 is 0 Å². The van der Waals surface area contributed by atoms with E-state index < -0.39 is 0 Å². The average Bonchev–Trinajstić information content (AvgIpc) is 2.01. The highest BCUT2D eigenvalue weighted by molar-refractivity contribution is 4.36. The Labute approximate surface area is 90.7 Å². The Balaban J connectivity index is 3.90. The molecule has 0 unspecified atom stereocenters. The average molecular weight is 202 g/mol. The molecule has 0 saturated heterocycles. The van der Waals surface area contributed by atoms with Crippen molar-refractivity contribution in [3.8, 4) is 0 Å². The van der Waals surface area contributed by atoms with Gasteiger partial charge in [-0.1, -0.05) is 13.8 Å². The first-order chi connectivity index (χ1) is 6.33. The van der Waals surface area contributed by atoms with Crippen LogP contribution in [0, 0.1) is 0 Å². The van der Waals surface area contributed by atoms with E-state index in [1.807, 2.05) is 0 Å². The minimum absolute atomic E-state index is 1.17. The highest BCUT2D eigenvalue weighted by Crippen LogP contribution is 2.04. The van der Waals surface area contributed by atoms with Gasteiger partial charge in [-0.25, -0.2) is 0 Å². The van der Waals surface area contributed by atoms with E-state index >= 15 is 0 Å². The van der Waals surface area contributed by atoms with Crippen LogP contribution in [0.2, 0.25) is 0 Å². The molecule has 2 nitrogen and oxygen atoms in total. The van der Waals surface area contributed by atoms with Crippen molar-refractivity contribution in [2.75, 3.05) is 54.4 Å². The summed E-state index contributed by atoms with van der Waals surface area (Å²) in [6.07, 6.45) is 2.57. The van der Waals surface area contributed by atoms with Gasteiger partial charge in [-0.15, -0.1) is 0 Å². The van der Waals surface area contributed by atoms with E-state index in [0.29, 0.717) is 0 Å². The number of likely N-dealkylation sites (N-methyl/N-ethyl adjacent to an activating group) is 2. The smallest absolute Gasteiger partial charge is 0.128 e. The second-order valence-electron chi connectivity index (χ2n) is 5.77. The maximum Gasteiger partial charge on any atom is 0.128 e. The first-order valence-electron chi connectivity index (χ1n) is 5.97. The topological polar surface area (TPSA) is 0 Å². The summed E-state index contributed by atoms with van der Waals surface area (Å²) in [6, 6.07) is 0. The van der Waals surface area contributed by atoms with Gasteiger partial charge >= 0.3 is 0 Å². The molecule has 0 N–H and O–H groups in total. The minimum atomic E-state index is 1.17. The maximum absolute atomic E-state index is 2.34. The van der Waals surface area contributed by atoms with E-state index in [4.69, 9.17) is 0 Å². The van der Waals surface area contributed by atoms with E-state index in [0.717, 1.165) is 0 Å². The van der Waals surface area contributed by atoms with Crippen LogP contribution in [0.5, 0.6) is 0 Å². The zero-order valence-electron chi connectivity index (χ0n) is 11.1. The van der Waals surface area contributed by atoms with Crippen molar-refractivity contribution in [2.24, 2.45) is 0 Å². The SMILES string of the molecule is CCC[N+](C)(C)CC[N+](C)(C)CCC. The first kappa shape index (κ1) is 13.9. The fourth-order valence-corrected chi connectivity index (χ4v) is 1.98. The van der Waals surface area contributed by atoms with Crippen LogP contribution in [0.25, 0.3) is 0 Å². The molecule has 86 valence electrons. The van der Waals surface area contributed by atoms with Crippen molar-refractivity contribution in [2.45, 2.75) is 26.7 Å². The van der Waals surface area contributed by atoms with E-state index in [1.54, 1.807) is 0 Å². The first-order valence-corrected chi connectivity index (χ1v) is 5.97. The van der Waals surface area contributed by atoms with Crippen molar-refractivity contribution in [3.63, 3.8) is 0 Å². The predicted molar refractivity (Wildman–Crippen MR) is 64.3 cm³/mol. The monoisotopic (exact) mass is 202 g/mol. The summed E-state index contributed by atoms with van der Waals surface area (Å²) in [5.41, 5.74) is 0. The van der Waals surface area contributed by atoms with Gasteiger partial charge in [0.15, 0.2) is 0 Å². The maximum atomic E-state index is 2.34. The zero-order chi connectivity index (χ0) is 11.2. The number of hydrogen-bond donors (Lipinski definition) is 0. The van der Waals surface area contributed by atoms with Gasteiger partial charge < -0.3 is 8.97 Å². The molecule has 0 bridgehead atoms. The molecule has 0 aromatic carbocycles. The molecule has 0 aromatic heterocycles. The Hall–Kier alpha value is -0.0800. The van der Waals surface area contributed by atoms with Crippen LogP contribution in [-0.4, -0.2) is 63.3 Å². The molecule has 0 spiro atoms. The zero-order valence-corrected chi connectivity index (χ0v) is 11.1. The third-order valence-electron chi connectivity index (χ3n) is 2.97. The van der Waals surface area contributed by atoms with Crippen LogP contribution in [0.3, 0.4) is 0 Å². The molecule has 0 aliphatic rings. The fraction of sp³-hybridized carbons (Fsp3) is 1.00.